The lowest BCUT2D eigenvalue weighted by Crippen LogP contribution is -2.28. The van der Waals surface area contributed by atoms with Gasteiger partial charge in [0.25, 0.3) is 0 Å². The smallest absolute Gasteiger partial charge is 0.227 e. The van der Waals surface area contributed by atoms with Crippen molar-refractivity contribution < 1.29 is 9.21 Å². The fraction of sp³-hybridized carbons (Fsp3) is 0.389. The molecule has 2 aromatic rings. The van der Waals surface area contributed by atoms with E-state index in [1.807, 2.05) is 37.3 Å². The number of hydrogen-bond acceptors (Lipinski definition) is 3. The van der Waals surface area contributed by atoms with Crippen molar-refractivity contribution in [1.29, 1.82) is 0 Å². The lowest BCUT2D eigenvalue weighted by molar-refractivity contribution is -0.122. The minimum absolute atomic E-state index is 0.155. The standard InChI is InChI=1S/C18H22N2O2/c1-13-8-9-17(22-13)12-19-11-14-4-2-7-16(10-14)20-18(21)15-5-3-6-15/h2,4,7-10,15,19H,3,5-6,11-12H2,1H3,(H,20,21). The third-order valence-electron chi connectivity index (χ3n) is 4.09. The highest BCUT2D eigenvalue weighted by Crippen LogP contribution is 2.27. The second-order valence-corrected chi connectivity index (χ2v) is 5.93. The number of anilines is 1. The van der Waals surface area contributed by atoms with E-state index in [1.54, 1.807) is 0 Å². The second-order valence-electron chi connectivity index (χ2n) is 5.93. The molecule has 2 N–H and O–H groups in total. The molecule has 4 heteroatoms. The zero-order valence-electron chi connectivity index (χ0n) is 12.9. The molecule has 1 aliphatic carbocycles. The Morgan fingerprint density at radius 3 is 2.77 bits per heavy atom. The van der Waals surface area contributed by atoms with E-state index in [0.29, 0.717) is 6.54 Å². The van der Waals surface area contributed by atoms with E-state index in [2.05, 4.69) is 16.7 Å². The van der Waals surface area contributed by atoms with E-state index in [9.17, 15) is 4.79 Å². The first-order valence-corrected chi connectivity index (χ1v) is 7.86. The van der Waals surface area contributed by atoms with Crippen molar-refractivity contribution in [3.05, 3.63) is 53.5 Å². The molecule has 1 heterocycles. The molecule has 1 aliphatic rings. The van der Waals surface area contributed by atoms with Crippen LogP contribution in [0.3, 0.4) is 0 Å². The number of nitrogens with one attached hydrogen (secondary N) is 2. The molecule has 0 atom stereocenters. The van der Waals surface area contributed by atoms with Gasteiger partial charge < -0.3 is 15.1 Å². The van der Waals surface area contributed by atoms with Gasteiger partial charge in [0.1, 0.15) is 11.5 Å². The maximum Gasteiger partial charge on any atom is 0.227 e. The summed E-state index contributed by atoms with van der Waals surface area (Å²) < 4.78 is 5.52. The number of amides is 1. The molecule has 4 nitrogen and oxygen atoms in total. The van der Waals surface area contributed by atoms with Crippen LogP contribution in [0.1, 0.15) is 36.3 Å². The zero-order chi connectivity index (χ0) is 15.4. The summed E-state index contributed by atoms with van der Waals surface area (Å²) in [6.07, 6.45) is 3.22. The van der Waals surface area contributed by atoms with Crippen LogP contribution in [-0.2, 0) is 17.9 Å². The molecule has 3 rings (SSSR count). The first-order valence-electron chi connectivity index (χ1n) is 7.86. The minimum Gasteiger partial charge on any atom is -0.465 e. The molecule has 1 aromatic carbocycles. The van der Waals surface area contributed by atoms with Crippen LogP contribution >= 0.6 is 0 Å². The van der Waals surface area contributed by atoms with Crippen LogP contribution in [0.4, 0.5) is 5.69 Å². The third-order valence-corrected chi connectivity index (χ3v) is 4.09. The normalized spacial score (nSPS) is 14.6. The number of hydrogen-bond donors (Lipinski definition) is 2. The maximum atomic E-state index is 12.0. The average molecular weight is 298 g/mol. The number of carbonyl (C=O) groups excluding carboxylic acids is 1. The minimum atomic E-state index is 0.155. The highest BCUT2D eigenvalue weighted by atomic mass is 16.3. The Balaban J connectivity index is 1.51. The number of carbonyl (C=O) groups is 1. The first kappa shape index (κ1) is 14.9. The molecule has 116 valence electrons. The molecule has 1 saturated carbocycles. The van der Waals surface area contributed by atoms with Gasteiger partial charge in [-0.25, -0.2) is 0 Å². The van der Waals surface area contributed by atoms with Crippen LogP contribution in [-0.4, -0.2) is 5.91 Å². The Hall–Kier alpha value is -2.07. The van der Waals surface area contributed by atoms with Gasteiger partial charge in [-0.3, -0.25) is 4.79 Å². The van der Waals surface area contributed by atoms with Crippen molar-refractivity contribution in [2.75, 3.05) is 5.32 Å². The van der Waals surface area contributed by atoms with Gasteiger partial charge in [0.05, 0.1) is 6.54 Å². The summed E-state index contributed by atoms with van der Waals surface area (Å²) in [6, 6.07) is 11.9. The van der Waals surface area contributed by atoms with Gasteiger partial charge in [0.15, 0.2) is 0 Å². The summed E-state index contributed by atoms with van der Waals surface area (Å²) in [5.74, 6) is 2.23. The van der Waals surface area contributed by atoms with Crippen molar-refractivity contribution in [1.82, 2.24) is 5.32 Å². The first-order chi connectivity index (χ1) is 10.7. The molecule has 1 fully saturated rings. The highest BCUT2D eigenvalue weighted by Gasteiger charge is 2.25. The zero-order valence-corrected chi connectivity index (χ0v) is 12.9. The quantitative estimate of drug-likeness (QED) is 0.856. The van der Waals surface area contributed by atoms with Crippen molar-refractivity contribution in [2.45, 2.75) is 39.3 Å². The highest BCUT2D eigenvalue weighted by molar-refractivity contribution is 5.93. The predicted molar refractivity (Wildman–Crippen MR) is 86.4 cm³/mol. The summed E-state index contributed by atoms with van der Waals surface area (Å²) in [5, 5.41) is 6.36. The van der Waals surface area contributed by atoms with Crippen LogP contribution in [0.2, 0.25) is 0 Å². The van der Waals surface area contributed by atoms with Gasteiger partial charge in [0.2, 0.25) is 5.91 Å². The van der Waals surface area contributed by atoms with Crippen molar-refractivity contribution in [2.24, 2.45) is 5.92 Å². The molecular weight excluding hydrogens is 276 g/mol. The molecule has 1 amide bonds. The van der Waals surface area contributed by atoms with Gasteiger partial charge in [-0.15, -0.1) is 0 Å². The molecule has 0 unspecified atom stereocenters. The SMILES string of the molecule is Cc1ccc(CNCc2cccc(NC(=O)C3CCC3)c2)o1. The lowest BCUT2D eigenvalue weighted by Gasteiger charge is -2.24. The molecule has 0 spiro atoms. The van der Waals surface area contributed by atoms with E-state index in [1.165, 1.54) is 6.42 Å². The van der Waals surface area contributed by atoms with Crippen LogP contribution in [0.25, 0.3) is 0 Å². The van der Waals surface area contributed by atoms with Gasteiger partial charge in [-0.2, -0.15) is 0 Å². The third kappa shape index (κ3) is 3.77. The van der Waals surface area contributed by atoms with Crippen LogP contribution in [0.15, 0.2) is 40.8 Å². The fourth-order valence-corrected chi connectivity index (χ4v) is 2.58. The monoisotopic (exact) mass is 298 g/mol. The molecule has 0 radical (unpaired) electrons. The van der Waals surface area contributed by atoms with Gasteiger partial charge in [0, 0.05) is 18.2 Å². The van der Waals surface area contributed by atoms with E-state index >= 15 is 0 Å². The maximum absolute atomic E-state index is 12.0. The van der Waals surface area contributed by atoms with Crippen molar-refractivity contribution >= 4 is 11.6 Å². The Labute approximate surface area is 130 Å². The van der Waals surface area contributed by atoms with Crippen LogP contribution in [0.5, 0.6) is 0 Å². The number of furan rings is 1. The predicted octanol–water partition coefficient (Wildman–Crippen LogP) is 3.62. The second kappa shape index (κ2) is 6.79. The summed E-state index contributed by atoms with van der Waals surface area (Å²) in [4.78, 5) is 12.0. The number of benzene rings is 1. The molecule has 1 aromatic heterocycles. The van der Waals surface area contributed by atoms with Crippen molar-refractivity contribution in [3.63, 3.8) is 0 Å². The molecular formula is C18H22N2O2. The van der Waals surface area contributed by atoms with Crippen LogP contribution in [0, 0.1) is 12.8 Å². The van der Waals surface area contributed by atoms with Crippen molar-refractivity contribution in [3.8, 4) is 0 Å². The Morgan fingerprint density at radius 2 is 2.09 bits per heavy atom. The van der Waals surface area contributed by atoms with Gasteiger partial charge >= 0.3 is 0 Å². The molecule has 0 aliphatic heterocycles. The summed E-state index contributed by atoms with van der Waals surface area (Å²) in [6.45, 7) is 3.39. The molecule has 0 saturated heterocycles. The Morgan fingerprint density at radius 1 is 1.23 bits per heavy atom. The Kier molecular flexibility index (Phi) is 4.59. The lowest BCUT2D eigenvalue weighted by atomic mass is 9.85. The summed E-state index contributed by atoms with van der Waals surface area (Å²) in [5.41, 5.74) is 2.03. The van der Waals surface area contributed by atoms with E-state index < -0.39 is 0 Å². The van der Waals surface area contributed by atoms with E-state index in [-0.39, 0.29) is 11.8 Å². The largest absolute Gasteiger partial charge is 0.465 e. The topological polar surface area (TPSA) is 54.3 Å². The summed E-state index contributed by atoms with van der Waals surface area (Å²) >= 11 is 0. The Bertz CT molecular complexity index is 644. The molecule has 22 heavy (non-hydrogen) atoms. The number of rotatable bonds is 6. The number of aryl methyl sites for hydroxylation is 1. The van der Waals surface area contributed by atoms with E-state index in [4.69, 9.17) is 4.42 Å². The van der Waals surface area contributed by atoms with Crippen LogP contribution < -0.4 is 10.6 Å². The summed E-state index contributed by atoms with van der Waals surface area (Å²) in [7, 11) is 0. The fourth-order valence-electron chi connectivity index (χ4n) is 2.58. The average Bonchev–Trinajstić information content (AvgIpc) is 2.83. The molecule has 0 bridgehead atoms. The van der Waals surface area contributed by atoms with Gasteiger partial charge in [-0.05, 0) is 49.6 Å². The van der Waals surface area contributed by atoms with Gasteiger partial charge in [-0.1, -0.05) is 18.6 Å². The van der Waals surface area contributed by atoms with E-state index in [0.717, 1.165) is 42.2 Å².